The van der Waals surface area contributed by atoms with Crippen LogP contribution in [0.2, 0.25) is 0 Å². The zero-order chi connectivity index (χ0) is 21.8. The largest absolute Gasteiger partial charge is 0.486 e. The van der Waals surface area contributed by atoms with E-state index in [4.69, 9.17) is 9.47 Å². The highest BCUT2D eigenvalue weighted by Gasteiger charge is 2.45. The Balaban J connectivity index is 1.27. The van der Waals surface area contributed by atoms with Gasteiger partial charge in [-0.2, -0.15) is 0 Å². The van der Waals surface area contributed by atoms with Gasteiger partial charge in [-0.15, -0.1) is 0 Å². The van der Waals surface area contributed by atoms with E-state index < -0.39 is 36.4 Å². The molecule has 1 fully saturated rings. The summed E-state index contributed by atoms with van der Waals surface area (Å²) in [5, 5.41) is 2.64. The molecule has 1 N–H and O–H groups in total. The van der Waals surface area contributed by atoms with Gasteiger partial charge in [-0.05, 0) is 44.2 Å². The Bertz CT molecular complexity index is 928. The molecule has 0 radical (unpaired) electrons. The van der Waals surface area contributed by atoms with Crippen molar-refractivity contribution in [2.24, 2.45) is 0 Å². The van der Waals surface area contributed by atoms with Crippen LogP contribution in [0.4, 0.5) is 4.79 Å². The van der Waals surface area contributed by atoms with E-state index in [1.54, 1.807) is 12.1 Å². The fraction of sp³-hybridized carbons (Fsp3) is 0.455. The molecule has 2 heterocycles. The van der Waals surface area contributed by atoms with Crippen LogP contribution in [0.3, 0.4) is 0 Å². The van der Waals surface area contributed by atoms with Gasteiger partial charge in [-0.25, -0.2) is 9.69 Å². The van der Waals surface area contributed by atoms with Crippen LogP contribution in [0.15, 0.2) is 35.9 Å². The molecule has 0 bridgehead atoms. The van der Waals surface area contributed by atoms with E-state index in [0.717, 1.165) is 30.6 Å². The number of rotatable bonds is 7. The summed E-state index contributed by atoms with van der Waals surface area (Å²) in [5.74, 6) is -1.17. The first-order valence-electron chi connectivity index (χ1n) is 10.5. The van der Waals surface area contributed by atoms with Crippen molar-refractivity contribution >= 4 is 23.8 Å². The summed E-state index contributed by atoms with van der Waals surface area (Å²) in [7, 11) is 0. The third-order valence-electron chi connectivity index (χ3n) is 5.57. The predicted molar refractivity (Wildman–Crippen MR) is 109 cm³/mol. The second-order valence-corrected chi connectivity index (χ2v) is 7.79. The maximum absolute atomic E-state index is 12.5. The first kappa shape index (κ1) is 20.9. The highest BCUT2D eigenvalue weighted by molar-refractivity contribution is 6.45. The second-order valence-electron chi connectivity index (χ2n) is 7.79. The van der Waals surface area contributed by atoms with Gasteiger partial charge in [-0.3, -0.25) is 19.3 Å². The monoisotopic (exact) mass is 427 g/mol. The molecule has 0 aromatic heterocycles. The van der Waals surface area contributed by atoms with Gasteiger partial charge in [0.1, 0.15) is 19.3 Å². The summed E-state index contributed by atoms with van der Waals surface area (Å²) >= 11 is 0. The number of nitrogens with one attached hydrogen (secondary N) is 1. The van der Waals surface area contributed by atoms with E-state index in [0.29, 0.717) is 22.8 Å². The van der Waals surface area contributed by atoms with Gasteiger partial charge < -0.3 is 14.8 Å². The Morgan fingerprint density at radius 2 is 1.84 bits per heavy atom. The van der Waals surface area contributed by atoms with Crippen molar-refractivity contribution in [1.82, 2.24) is 15.1 Å². The highest BCUT2D eigenvalue weighted by atomic mass is 16.6. The van der Waals surface area contributed by atoms with E-state index in [1.165, 1.54) is 5.57 Å². The quantitative estimate of drug-likeness (QED) is 0.403. The van der Waals surface area contributed by atoms with Crippen LogP contribution in [0, 0.1) is 0 Å². The molecule has 1 saturated heterocycles. The number of imide groups is 2. The molecule has 164 valence electrons. The van der Waals surface area contributed by atoms with E-state index in [-0.39, 0.29) is 19.7 Å². The van der Waals surface area contributed by atoms with Crippen LogP contribution in [-0.2, 0) is 14.4 Å². The normalized spacial score (nSPS) is 20.7. The number of fused-ring (bicyclic) bond motifs is 1. The number of para-hydroxylation sites is 2. The van der Waals surface area contributed by atoms with Gasteiger partial charge >= 0.3 is 17.8 Å². The maximum atomic E-state index is 12.5. The van der Waals surface area contributed by atoms with Crippen molar-refractivity contribution in [1.29, 1.82) is 0 Å². The summed E-state index contributed by atoms with van der Waals surface area (Å²) < 4.78 is 11.4. The molecule has 1 atom stereocenters. The van der Waals surface area contributed by atoms with Crippen LogP contribution in [0.1, 0.15) is 32.1 Å². The van der Waals surface area contributed by atoms with Gasteiger partial charge in [-0.1, -0.05) is 23.8 Å². The minimum atomic E-state index is -0.969. The number of carbonyl (C=O) groups excluding carboxylic acids is 4. The van der Waals surface area contributed by atoms with Crippen molar-refractivity contribution in [2.75, 3.05) is 26.2 Å². The Morgan fingerprint density at radius 1 is 1.06 bits per heavy atom. The predicted octanol–water partition coefficient (Wildman–Crippen LogP) is 1.62. The van der Waals surface area contributed by atoms with Crippen molar-refractivity contribution in [2.45, 2.75) is 38.2 Å². The highest BCUT2D eigenvalue weighted by Crippen LogP contribution is 2.30. The molecule has 3 aliphatic rings. The van der Waals surface area contributed by atoms with Crippen LogP contribution in [0.25, 0.3) is 0 Å². The van der Waals surface area contributed by atoms with Crippen LogP contribution in [0.5, 0.6) is 11.5 Å². The molecular formula is C22H25N3O6. The van der Waals surface area contributed by atoms with Crippen molar-refractivity contribution < 1.29 is 28.7 Å². The van der Waals surface area contributed by atoms with E-state index >= 15 is 0 Å². The SMILES string of the molecule is O=C(CN1C(=O)C(=O)N(CCC2=CCCCC2)C1=O)NCC1COc2ccccc2O1. The number of hydrogen-bond donors (Lipinski definition) is 1. The Hall–Kier alpha value is -3.36. The number of nitrogens with zero attached hydrogens (tertiary/aromatic N) is 2. The average molecular weight is 427 g/mol. The third-order valence-corrected chi connectivity index (χ3v) is 5.57. The lowest BCUT2D eigenvalue weighted by Crippen LogP contribution is -2.46. The lowest BCUT2D eigenvalue weighted by atomic mass is 9.97. The first-order valence-corrected chi connectivity index (χ1v) is 10.5. The van der Waals surface area contributed by atoms with Crippen LogP contribution in [-0.4, -0.2) is 65.9 Å². The van der Waals surface area contributed by atoms with E-state index in [9.17, 15) is 19.2 Å². The zero-order valence-electron chi connectivity index (χ0n) is 17.2. The third kappa shape index (κ3) is 4.70. The Kier molecular flexibility index (Phi) is 6.20. The van der Waals surface area contributed by atoms with E-state index in [2.05, 4.69) is 11.4 Å². The molecule has 1 aliphatic carbocycles. The second kappa shape index (κ2) is 9.20. The maximum Gasteiger partial charge on any atom is 0.334 e. The molecule has 1 aromatic carbocycles. The number of benzene rings is 1. The first-order chi connectivity index (χ1) is 15.0. The molecule has 31 heavy (non-hydrogen) atoms. The molecule has 2 aliphatic heterocycles. The van der Waals surface area contributed by atoms with E-state index in [1.807, 2.05) is 12.1 Å². The van der Waals surface area contributed by atoms with Gasteiger partial charge in [0, 0.05) is 6.54 Å². The summed E-state index contributed by atoms with van der Waals surface area (Å²) in [6, 6.07) is 6.48. The minimum Gasteiger partial charge on any atom is -0.486 e. The minimum absolute atomic E-state index is 0.148. The molecule has 0 spiro atoms. The van der Waals surface area contributed by atoms with Crippen molar-refractivity contribution in [3.8, 4) is 11.5 Å². The molecule has 1 aromatic rings. The molecule has 4 rings (SSSR count). The topological polar surface area (TPSA) is 105 Å². The van der Waals surface area contributed by atoms with Crippen LogP contribution < -0.4 is 14.8 Å². The van der Waals surface area contributed by atoms with Crippen molar-refractivity contribution in [3.63, 3.8) is 0 Å². The van der Waals surface area contributed by atoms with Gasteiger partial charge in [0.2, 0.25) is 5.91 Å². The number of carbonyl (C=O) groups is 4. The lowest BCUT2D eigenvalue weighted by Gasteiger charge is -2.26. The standard InChI is InChI=1S/C22H25N3O6/c26-19(23-12-16-14-30-17-8-4-5-9-18(17)31-16)13-25-21(28)20(27)24(22(25)29)11-10-15-6-2-1-3-7-15/h4-6,8-9,16H,1-3,7,10-14H2,(H,23,26). The number of ether oxygens (including phenoxy) is 2. The van der Waals surface area contributed by atoms with Gasteiger partial charge in [0.15, 0.2) is 11.5 Å². The smallest absolute Gasteiger partial charge is 0.334 e. The fourth-order valence-corrected chi connectivity index (χ4v) is 3.86. The number of allylic oxidation sites excluding steroid dienone is 1. The van der Waals surface area contributed by atoms with Crippen LogP contribution >= 0.6 is 0 Å². The molecule has 0 saturated carbocycles. The molecule has 1 unspecified atom stereocenters. The Labute approximate surface area is 180 Å². The molecular weight excluding hydrogens is 402 g/mol. The summed E-state index contributed by atoms with van der Waals surface area (Å²) in [6.07, 6.45) is 6.50. The number of urea groups is 1. The van der Waals surface area contributed by atoms with Crippen molar-refractivity contribution in [3.05, 3.63) is 35.9 Å². The zero-order valence-corrected chi connectivity index (χ0v) is 17.2. The summed E-state index contributed by atoms with van der Waals surface area (Å²) in [4.78, 5) is 50.9. The summed E-state index contributed by atoms with van der Waals surface area (Å²) in [5.41, 5.74) is 1.20. The molecule has 9 heteroatoms. The fourth-order valence-electron chi connectivity index (χ4n) is 3.86. The Morgan fingerprint density at radius 3 is 2.61 bits per heavy atom. The van der Waals surface area contributed by atoms with Gasteiger partial charge in [0.25, 0.3) is 0 Å². The summed E-state index contributed by atoms with van der Waals surface area (Å²) in [6.45, 7) is 0.0585. The molecule has 5 amide bonds. The van der Waals surface area contributed by atoms with Gasteiger partial charge in [0.05, 0.1) is 6.54 Å². The average Bonchev–Trinajstić information content (AvgIpc) is 2.99. The molecule has 9 nitrogen and oxygen atoms in total. The lowest BCUT2D eigenvalue weighted by molar-refractivity contribution is -0.144. The number of amides is 5. The number of hydrogen-bond acceptors (Lipinski definition) is 6.